The number of fused-ring (bicyclic) bond motifs is 5. The van der Waals surface area contributed by atoms with Crippen LogP contribution in [0.5, 0.6) is 0 Å². The van der Waals surface area contributed by atoms with E-state index in [1.807, 2.05) is 12.1 Å². The third-order valence-electron chi connectivity index (χ3n) is 10.2. The van der Waals surface area contributed by atoms with Gasteiger partial charge in [0, 0.05) is 27.8 Å². The minimum Gasteiger partial charge on any atom is -0.456 e. The molecule has 0 bridgehead atoms. The third kappa shape index (κ3) is 5.39. The van der Waals surface area contributed by atoms with Crippen LogP contribution in [0, 0.1) is 0 Å². The second-order valence-electron chi connectivity index (χ2n) is 13.4. The van der Waals surface area contributed by atoms with Crippen molar-refractivity contribution in [1.29, 1.82) is 0 Å². The second kappa shape index (κ2) is 12.5. The van der Waals surface area contributed by atoms with E-state index in [1.54, 1.807) is 0 Å². The highest BCUT2D eigenvalue weighted by atomic mass is 16.3. The fourth-order valence-electron chi connectivity index (χ4n) is 7.53. The molecule has 0 fully saturated rings. The van der Waals surface area contributed by atoms with Crippen LogP contribution in [-0.4, -0.2) is 0 Å². The van der Waals surface area contributed by atoms with Crippen molar-refractivity contribution in [3.63, 3.8) is 0 Å². The molecule has 2 nitrogen and oxygen atoms in total. The Morgan fingerprint density at radius 2 is 0.769 bits per heavy atom. The molecule has 0 N–H and O–H groups in total. The minimum atomic E-state index is 0.887. The lowest BCUT2D eigenvalue weighted by Gasteiger charge is -2.26. The van der Waals surface area contributed by atoms with Crippen molar-refractivity contribution in [2.75, 3.05) is 4.90 Å². The summed E-state index contributed by atoms with van der Waals surface area (Å²) < 4.78 is 6.21. The van der Waals surface area contributed by atoms with Gasteiger partial charge in [-0.1, -0.05) is 133 Å². The van der Waals surface area contributed by atoms with Gasteiger partial charge in [0.15, 0.2) is 0 Å². The lowest BCUT2D eigenvalue weighted by atomic mass is 9.96. The molecule has 0 aliphatic carbocycles. The van der Waals surface area contributed by atoms with E-state index in [0.717, 1.165) is 39.0 Å². The molecule has 1 heterocycles. The zero-order valence-corrected chi connectivity index (χ0v) is 28.4. The molecule has 1 aromatic heterocycles. The summed E-state index contributed by atoms with van der Waals surface area (Å²) in [6.07, 6.45) is 0. The second-order valence-corrected chi connectivity index (χ2v) is 13.4. The van der Waals surface area contributed by atoms with Crippen LogP contribution < -0.4 is 4.90 Å². The number of nitrogens with zero attached hydrogens (tertiary/aromatic N) is 1. The van der Waals surface area contributed by atoms with Crippen LogP contribution in [-0.2, 0) is 0 Å². The number of rotatable bonds is 6. The molecule has 0 atom stereocenters. The van der Waals surface area contributed by atoms with E-state index in [4.69, 9.17) is 4.42 Å². The third-order valence-corrected chi connectivity index (χ3v) is 10.2. The summed E-state index contributed by atoms with van der Waals surface area (Å²) in [4.78, 5) is 2.34. The van der Waals surface area contributed by atoms with E-state index in [9.17, 15) is 0 Å². The predicted octanol–water partition coefficient (Wildman–Crippen LogP) is 14.4. The van der Waals surface area contributed by atoms with Crippen LogP contribution in [0.25, 0.3) is 76.9 Å². The van der Waals surface area contributed by atoms with Gasteiger partial charge in [-0.3, -0.25) is 0 Å². The van der Waals surface area contributed by atoms with Crippen LogP contribution >= 0.6 is 0 Å². The van der Waals surface area contributed by atoms with Crippen LogP contribution in [0.4, 0.5) is 17.1 Å². The number of para-hydroxylation sites is 1. The van der Waals surface area contributed by atoms with Gasteiger partial charge >= 0.3 is 0 Å². The monoisotopic (exact) mass is 663 g/mol. The first-order chi connectivity index (χ1) is 25.7. The van der Waals surface area contributed by atoms with Gasteiger partial charge in [0.1, 0.15) is 11.2 Å². The molecule has 2 heteroatoms. The SMILES string of the molecule is c1ccc(-c2ccc(N(c3cccc(-c4ccc5cc(-c6ccc7ccccc7c6)ccc5c4)c3)c3ccc4oc5ccccc5c4c3)cc2)cc1. The quantitative estimate of drug-likeness (QED) is 0.176. The van der Waals surface area contributed by atoms with Crippen molar-refractivity contribution in [2.24, 2.45) is 0 Å². The van der Waals surface area contributed by atoms with Crippen molar-refractivity contribution >= 4 is 60.5 Å². The Morgan fingerprint density at radius 3 is 1.52 bits per heavy atom. The largest absolute Gasteiger partial charge is 0.456 e. The summed E-state index contributed by atoms with van der Waals surface area (Å²) in [6.45, 7) is 0. The molecule has 0 saturated carbocycles. The first-order valence-corrected chi connectivity index (χ1v) is 17.7. The van der Waals surface area contributed by atoms with E-state index in [1.165, 1.54) is 54.9 Å². The summed E-state index contributed by atoms with van der Waals surface area (Å²) in [6, 6.07) is 71.9. The fraction of sp³-hybridized carbons (Fsp3) is 0. The molecule has 10 aromatic rings. The summed E-state index contributed by atoms with van der Waals surface area (Å²) >= 11 is 0. The average Bonchev–Trinajstić information content (AvgIpc) is 3.59. The molecular weight excluding hydrogens is 631 g/mol. The summed E-state index contributed by atoms with van der Waals surface area (Å²) in [5.41, 5.74) is 12.2. The first kappa shape index (κ1) is 30.0. The summed E-state index contributed by atoms with van der Waals surface area (Å²) in [5, 5.41) is 7.19. The molecule has 52 heavy (non-hydrogen) atoms. The molecule has 9 aromatic carbocycles. The number of anilines is 3. The van der Waals surface area contributed by atoms with Crippen LogP contribution in [0.1, 0.15) is 0 Å². The maximum atomic E-state index is 6.21. The van der Waals surface area contributed by atoms with Crippen LogP contribution in [0.3, 0.4) is 0 Å². The van der Waals surface area contributed by atoms with Crippen molar-refractivity contribution in [2.45, 2.75) is 0 Å². The van der Waals surface area contributed by atoms with Crippen molar-refractivity contribution in [1.82, 2.24) is 0 Å². The molecular formula is C50H33NO. The highest BCUT2D eigenvalue weighted by Crippen LogP contribution is 2.41. The van der Waals surface area contributed by atoms with Gasteiger partial charge in [0.2, 0.25) is 0 Å². The number of hydrogen-bond acceptors (Lipinski definition) is 2. The normalized spacial score (nSPS) is 11.5. The summed E-state index contributed by atoms with van der Waals surface area (Å²) in [7, 11) is 0. The van der Waals surface area contributed by atoms with Gasteiger partial charge in [-0.05, 0) is 122 Å². The Bertz CT molecular complexity index is 2900. The maximum absolute atomic E-state index is 6.21. The Balaban J connectivity index is 1.05. The van der Waals surface area contributed by atoms with E-state index in [0.29, 0.717) is 0 Å². The first-order valence-electron chi connectivity index (χ1n) is 17.7. The molecule has 0 spiro atoms. The Morgan fingerprint density at radius 1 is 0.269 bits per heavy atom. The van der Waals surface area contributed by atoms with Gasteiger partial charge in [-0.15, -0.1) is 0 Å². The molecule has 0 aliphatic heterocycles. The Hall–Kier alpha value is -6.90. The molecule has 0 amide bonds. The fourth-order valence-corrected chi connectivity index (χ4v) is 7.53. The van der Waals surface area contributed by atoms with Crippen molar-refractivity contribution in [3.8, 4) is 33.4 Å². The molecule has 10 rings (SSSR count). The van der Waals surface area contributed by atoms with E-state index in [2.05, 4.69) is 193 Å². The standard InChI is InChI=1S/C50H33NO/c1-2-9-34(10-3-1)36-23-25-44(26-24-36)51(46-27-28-50-48(33-46)47-15-6-7-16-49(47)52-50)45-14-8-13-38(32-45)39-19-20-43-31-42(22-21-41(43)30-39)40-18-17-35-11-4-5-12-37(35)29-40/h1-33H. The van der Waals surface area contributed by atoms with Gasteiger partial charge in [-0.25, -0.2) is 0 Å². The Kier molecular flexibility index (Phi) is 7.18. The number of benzene rings is 9. The van der Waals surface area contributed by atoms with Gasteiger partial charge < -0.3 is 9.32 Å². The lowest BCUT2D eigenvalue weighted by Crippen LogP contribution is -2.10. The zero-order valence-electron chi connectivity index (χ0n) is 28.4. The smallest absolute Gasteiger partial charge is 0.135 e. The summed E-state index contributed by atoms with van der Waals surface area (Å²) in [5.74, 6) is 0. The molecule has 0 radical (unpaired) electrons. The van der Waals surface area contributed by atoms with Gasteiger partial charge in [-0.2, -0.15) is 0 Å². The molecule has 0 unspecified atom stereocenters. The Labute approximate surface area is 302 Å². The zero-order chi connectivity index (χ0) is 34.4. The van der Waals surface area contributed by atoms with Crippen LogP contribution in [0.2, 0.25) is 0 Å². The van der Waals surface area contributed by atoms with Crippen molar-refractivity contribution < 1.29 is 4.42 Å². The van der Waals surface area contributed by atoms with Gasteiger partial charge in [0.25, 0.3) is 0 Å². The van der Waals surface area contributed by atoms with Crippen LogP contribution in [0.15, 0.2) is 205 Å². The van der Waals surface area contributed by atoms with Gasteiger partial charge in [0.05, 0.1) is 0 Å². The van der Waals surface area contributed by atoms with E-state index >= 15 is 0 Å². The molecule has 244 valence electrons. The van der Waals surface area contributed by atoms with E-state index < -0.39 is 0 Å². The lowest BCUT2D eigenvalue weighted by molar-refractivity contribution is 0.669. The average molecular weight is 664 g/mol. The van der Waals surface area contributed by atoms with E-state index in [-0.39, 0.29) is 0 Å². The minimum absolute atomic E-state index is 0.887. The topological polar surface area (TPSA) is 16.4 Å². The number of hydrogen-bond donors (Lipinski definition) is 0. The highest BCUT2D eigenvalue weighted by molar-refractivity contribution is 6.06. The molecule has 0 aliphatic rings. The number of furan rings is 1. The maximum Gasteiger partial charge on any atom is 0.135 e. The highest BCUT2D eigenvalue weighted by Gasteiger charge is 2.17. The predicted molar refractivity (Wildman–Crippen MR) is 220 cm³/mol. The molecule has 0 saturated heterocycles. The van der Waals surface area contributed by atoms with Crippen molar-refractivity contribution in [3.05, 3.63) is 200 Å².